The van der Waals surface area contributed by atoms with E-state index in [-0.39, 0.29) is 0 Å². The van der Waals surface area contributed by atoms with E-state index in [9.17, 15) is 0 Å². The van der Waals surface area contributed by atoms with E-state index in [0.717, 1.165) is 12.8 Å². The first-order chi connectivity index (χ1) is 8.79. The molecule has 0 saturated carbocycles. The average molecular weight is 260 g/mol. The molecule has 2 aromatic rings. The zero-order valence-corrected chi connectivity index (χ0v) is 11.8. The second-order valence-electron chi connectivity index (χ2n) is 4.55. The van der Waals surface area contributed by atoms with Crippen molar-refractivity contribution < 1.29 is 0 Å². The lowest BCUT2D eigenvalue weighted by molar-refractivity contribution is 0.439. The molecular weight excluding hydrogens is 240 g/mol. The monoisotopic (exact) mass is 260 g/mol. The minimum absolute atomic E-state index is 0.332. The van der Waals surface area contributed by atoms with Gasteiger partial charge in [0, 0.05) is 17.6 Å². The highest BCUT2D eigenvalue weighted by Gasteiger charge is 2.13. The molecule has 2 atom stereocenters. The maximum absolute atomic E-state index is 4.37. The van der Waals surface area contributed by atoms with E-state index in [4.69, 9.17) is 0 Å². The van der Waals surface area contributed by atoms with Crippen LogP contribution in [0.15, 0.2) is 41.9 Å². The number of rotatable bonds is 6. The molecule has 18 heavy (non-hydrogen) atoms. The summed E-state index contributed by atoms with van der Waals surface area (Å²) in [6.07, 6.45) is 4.08. The van der Waals surface area contributed by atoms with Crippen LogP contribution in [0.3, 0.4) is 0 Å². The lowest BCUT2D eigenvalue weighted by Gasteiger charge is -2.21. The van der Waals surface area contributed by atoms with Crippen LogP contribution in [0.2, 0.25) is 0 Å². The molecular formula is C15H20N2S. The van der Waals surface area contributed by atoms with Crippen LogP contribution in [-0.2, 0) is 6.42 Å². The van der Waals surface area contributed by atoms with Crippen molar-refractivity contribution in [2.24, 2.45) is 0 Å². The predicted molar refractivity (Wildman–Crippen MR) is 77.9 cm³/mol. The minimum atomic E-state index is 0.332. The third kappa shape index (κ3) is 3.65. The standard InChI is InChI=1S/C15H20N2S/c1-3-14(11-13-7-5-4-6-8-13)17-12(2)15-16-9-10-18-15/h4-10,12,14,17H,3,11H2,1-2H3. The van der Waals surface area contributed by atoms with E-state index in [1.54, 1.807) is 11.3 Å². The lowest BCUT2D eigenvalue weighted by atomic mass is 10.0. The molecule has 0 radical (unpaired) electrons. The van der Waals surface area contributed by atoms with Crippen molar-refractivity contribution in [2.75, 3.05) is 0 Å². The number of hydrogen-bond donors (Lipinski definition) is 1. The van der Waals surface area contributed by atoms with Crippen LogP contribution >= 0.6 is 11.3 Å². The minimum Gasteiger partial charge on any atom is -0.305 e. The Hall–Kier alpha value is -1.19. The van der Waals surface area contributed by atoms with Crippen molar-refractivity contribution in [1.82, 2.24) is 10.3 Å². The van der Waals surface area contributed by atoms with Crippen molar-refractivity contribution in [3.05, 3.63) is 52.5 Å². The van der Waals surface area contributed by atoms with Gasteiger partial charge in [0.2, 0.25) is 0 Å². The van der Waals surface area contributed by atoms with Gasteiger partial charge in [-0.15, -0.1) is 11.3 Å². The molecule has 1 heterocycles. The maximum Gasteiger partial charge on any atom is 0.109 e. The normalized spacial score (nSPS) is 14.3. The molecule has 0 amide bonds. The highest BCUT2D eigenvalue weighted by Crippen LogP contribution is 2.17. The molecule has 1 aromatic heterocycles. The number of nitrogens with zero attached hydrogens (tertiary/aromatic N) is 1. The molecule has 0 saturated heterocycles. The maximum atomic E-state index is 4.37. The van der Waals surface area contributed by atoms with Gasteiger partial charge in [-0.05, 0) is 25.3 Å². The molecule has 1 aromatic carbocycles. The van der Waals surface area contributed by atoms with E-state index in [2.05, 4.69) is 54.5 Å². The first kappa shape index (κ1) is 13.2. The third-order valence-electron chi connectivity index (χ3n) is 3.13. The Morgan fingerprint density at radius 2 is 2.06 bits per heavy atom. The number of aromatic nitrogens is 1. The van der Waals surface area contributed by atoms with Crippen molar-refractivity contribution in [1.29, 1.82) is 0 Å². The van der Waals surface area contributed by atoms with Crippen molar-refractivity contribution in [2.45, 2.75) is 38.8 Å². The van der Waals surface area contributed by atoms with Crippen LogP contribution in [0.25, 0.3) is 0 Å². The highest BCUT2D eigenvalue weighted by molar-refractivity contribution is 7.09. The Kier molecular flexibility index (Phi) is 4.90. The molecule has 0 fully saturated rings. The summed E-state index contributed by atoms with van der Waals surface area (Å²) < 4.78 is 0. The second kappa shape index (κ2) is 6.66. The summed E-state index contributed by atoms with van der Waals surface area (Å²) in [6.45, 7) is 4.42. The van der Waals surface area contributed by atoms with Gasteiger partial charge in [-0.1, -0.05) is 37.3 Å². The zero-order chi connectivity index (χ0) is 12.8. The molecule has 0 aliphatic heterocycles. The summed E-state index contributed by atoms with van der Waals surface area (Å²) in [4.78, 5) is 4.37. The van der Waals surface area contributed by atoms with Crippen LogP contribution in [0.4, 0.5) is 0 Å². The van der Waals surface area contributed by atoms with Gasteiger partial charge in [-0.25, -0.2) is 4.98 Å². The van der Waals surface area contributed by atoms with Crippen LogP contribution in [0.5, 0.6) is 0 Å². The fraction of sp³-hybridized carbons (Fsp3) is 0.400. The summed E-state index contributed by atoms with van der Waals surface area (Å²) in [5, 5.41) is 6.87. The van der Waals surface area contributed by atoms with Gasteiger partial charge < -0.3 is 5.32 Å². The largest absolute Gasteiger partial charge is 0.305 e. The first-order valence-corrected chi connectivity index (χ1v) is 7.37. The number of thiazole rings is 1. The van der Waals surface area contributed by atoms with Gasteiger partial charge in [0.15, 0.2) is 0 Å². The number of hydrogen-bond acceptors (Lipinski definition) is 3. The Bertz CT molecular complexity index is 439. The van der Waals surface area contributed by atoms with Crippen molar-refractivity contribution in [3.63, 3.8) is 0 Å². The molecule has 2 unspecified atom stereocenters. The lowest BCUT2D eigenvalue weighted by Crippen LogP contribution is -2.32. The van der Waals surface area contributed by atoms with Crippen LogP contribution < -0.4 is 5.32 Å². The summed E-state index contributed by atoms with van der Waals surface area (Å²) >= 11 is 1.72. The topological polar surface area (TPSA) is 24.9 Å². The quantitative estimate of drug-likeness (QED) is 0.854. The van der Waals surface area contributed by atoms with Gasteiger partial charge in [0.25, 0.3) is 0 Å². The SMILES string of the molecule is CCC(Cc1ccccc1)NC(C)c1nccs1. The number of nitrogens with one attached hydrogen (secondary N) is 1. The van der Waals surface area contributed by atoms with Crippen molar-refractivity contribution in [3.8, 4) is 0 Å². The molecule has 1 N–H and O–H groups in total. The summed E-state index contributed by atoms with van der Waals surface area (Å²) in [7, 11) is 0. The molecule has 0 bridgehead atoms. The van der Waals surface area contributed by atoms with Gasteiger partial charge in [0.05, 0.1) is 6.04 Å². The second-order valence-corrected chi connectivity index (χ2v) is 5.48. The molecule has 0 aliphatic carbocycles. The average Bonchev–Trinajstić information content (AvgIpc) is 2.93. The Balaban J connectivity index is 1.93. The molecule has 0 spiro atoms. The van der Waals surface area contributed by atoms with Crippen LogP contribution in [0, 0.1) is 0 Å². The fourth-order valence-corrected chi connectivity index (χ4v) is 2.75. The Labute approximate surface area is 113 Å². The smallest absolute Gasteiger partial charge is 0.109 e. The number of benzene rings is 1. The molecule has 96 valence electrons. The molecule has 2 rings (SSSR count). The van der Waals surface area contributed by atoms with E-state index >= 15 is 0 Å². The zero-order valence-electron chi connectivity index (χ0n) is 11.0. The van der Waals surface area contributed by atoms with Gasteiger partial charge >= 0.3 is 0 Å². The van der Waals surface area contributed by atoms with Gasteiger partial charge in [0.1, 0.15) is 5.01 Å². The van der Waals surface area contributed by atoms with Gasteiger partial charge in [-0.2, -0.15) is 0 Å². The van der Waals surface area contributed by atoms with Gasteiger partial charge in [-0.3, -0.25) is 0 Å². The Morgan fingerprint density at radius 1 is 1.28 bits per heavy atom. The molecule has 2 nitrogen and oxygen atoms in total. The van der Waals surface area contributed by atoms with E-state index in [0.29, 0.717) is 12.1 Å². The Morgan fingerprint density at radius 3 is 2.67 bits per heavy atom. The summed E-state index contributed by atoms with van der Waals surface area (Å²) in [6, 6.07) is 11.5. The van der Waals surface area contributed by atoms with Crippen LogP contribution in [-0.4, -0.2) is 11.0 Å². The molecule has 0 aliphatic rings. The third-order valence-corrected chi connectivity index (χ3v) is 4.08. The van der Waals surface area contributed by atoms with Crippen LogP contribution in [0.1, 0.15) is 36.9 Å². The molecule has 3 heteroatoms. The van der Waals surface area contributed by atoms with Crippen molar-refractivity contribution >= 4 is 11.3 Å². The fourth-order valence-electron chi connectivity index (χ4n) is 2.09. The van der Waals surface area contributed by atoms with E-state index in [1.807, 2.05) is 11.6 Å². The predicted octanol–water partition coefficient (Wildman–Crippen LogP) is 3.82. The van der Waals surface area contributed by atoms with E-state index in [1.165, 1.54) is 10.6 Å². The highest BCUT2D eigenvalue weighted by atomic mass is 32.1. The summed E-state index contributed by atoms with van der Waals surface area (Å²) in [5.41, 5.74) is 1.39. The van der Waals surface area contributed by atoms with E-state index < -0.39 is 0 Å². The first-order valence-electron chi connectivity index (χ1n) is 6.49. The summed E-state index contributed by atoms with van der Waals surface area (Å²) in [5.74, 6) is 0.